The molecule has 3 nitrogen and oxygen atoms in total. The van der Waals surface area contributed by atoms with E-state index in [9.17, 15) is 8.78 Å². The molecule has 0 radical (unpaired) electrons. The van der Waals surface area contributed by atoms with Crippen molar-refractivity contribution in [1.29, 1.82) is 0 Å². The van der Waals surface area contributed by atoms with Crippen LogP contribution in [-0.2, 0) is 0 Å². The maximum absolute atomic E-state index is 13.1. The van der Waals surface area contributed by atoms with Crippen LogP contribution in [0.25, 0.3) is 0 Å². The quantitative estimate of drug-likeness (QED) is 0.858. The van der Waals surface area contributed by atoms with Crippen LogP contribution in [0.15, 0.2) is 36.5 Å². The Bertz CT molecular complexity index is 558. The molecule has 100 valence electrons. The monoisotopic (exact) mass is 263 g/mol. The molecule has 0 atom stereocenters. The summed E-state index contributed by atoms with van der Waals surface area (Å²) in [6.07, 6.45) is 2.66. The van der Waals surface area contributed by atoms with Gasteiger partial charge in [0, 0.05) is 36.2 Å². The third-order valence-corrected chi connectivity index (χ3v) is 2.52. The molecular formula is C14H15F2N3. The van der Waals surface area contributed by atoms with Gasteiger partial charge in [-0.1, -0.05) is 6.92 Å². The minimum atomic E-state index is -0.872. The Morgan fingerprint density at radius 2 is 1.84 bits per heavy atom. The number of anilines is 3. The molecule has 0 aliphatic carbocycles. The zero-order chi connectivity index (χ0) is 13.7. The zero-order valence-corrected chi connectivity index (χ0v) is 10.6. The van der Waals surface area contributed by atoms with Crippen LogP contribution in [0.1, 0.15) is 13.3 Å². The number of halogens is 2. The van der Waals surface area contributed by atoms with E-state index in [2.05, 4.69) is 22.5 Å². The van der Waals surface area contributed by atoms with E-state index in [4.69, 9.17) is 0 Å². The molecule has 5 heteroatoms. The highest BCUT2D eigenvalue weighted by Gasteiger charge is 2.03. The number of hydrogen-bond acceptors (Lipinski definition) is 3. The molecule has 2 rings (SSSR count). The van der Waals surface area contributed by atoms with Crippen LogP contribution >= 0.6 is 0 Å². The first-order chi connectivity index (χ1) is 9.19. The number of rotatable bonds is 5. The number of hydrogen-bond donors (Lipinski definition) is 2. The van der Waals surface area contributed by atoms with Crippen molar-refractivity contribution in [3.05, 3.63) is 48.2 Å². The highest BCUT2D eigenvalue weighted by Crippen LogP contribution is 2.20. The van der Waals surface area contributed by atoms with Crippen LogP contribution < -0.4 is 10.6 Å². The molecule has 0 unspecified atom stereocenters. The van der Waals surface area contributed by atoms with E-state index in [0.29, 0.717) is 5.69 Å². The molecule has 0 spiro atoms. The lowest BCUT2D eigenvalue weighted by Gasteiger charge is -2.09. The number of aromatic nitrogens is 1. The Kier molecular flexibility index (Phi) is 4.28. The fourth-order valence-electron chi connectivity index (χ4n) is 1.60. The minimum Gasteiger partial charge on any atom is -0.370 e. The third kappa shape index (κ3) is 3.64. The number of pyridine rings is 1. The smallest absolute Gasteiger partial charge is 0.160 e. The summed E-state index contributed by atoms with van der Waals surface area (Å²) in [6, 6.07) is 7.28. The lowest BCUT2D eigenvalue weighted by molar-refractivity contribution is 0.509. The second kappa shape index (κ2) is 6.13. The van der Waals surface area contributed by atoms with Crippen LogP contribution in [0.4, 0.5) is 26.0 Å². The molecule has 1 aromatic carbocycles. The normalized spacial score (nSPS) is 10.3. The first-order valence-corrected chi connectivity index (χ1v) is 6.11. The Balaban J connectivity index is 2.11. The molecule has 2 N–H and O–H groups in total. The summed E-state index contributed by atoms with van der Waals surface area (Å²) in [7, 11) is 0. The fourth-order valence-corrected chi connectivity index (χ4v) is 1.60. The van der Waals surface area contributed by atoms with Crippen molar-refractivity contribution in [3.8, 4) is 0 Å². The van der Waals surface area contributed by atoms with Crippen LogP contribution in [-0.4, -0.2) is 11.5 Å². The van der Waals surface area contributed by atoms with E-state index >= 15 is 0 Å². The fraction of sp³-hybridized carbons (Fsp3) is 0.214. The SMILES string of the molecule is CCCNc1cc(Nc2ccc(F)c(F)c2)ccn1. The van der Waals surface area contributed by atoms with Gasteiger partial charge in [-0.3, -0.25) is 0 Å². The average molecular weight is 263 g/mol. The molecule has 0 saturated carbocycles. The van der Waals surface area contributed by atoms with Crippen molar-refractivity contribution in [1.82, 2.24) is 4.98 Å². The minimum absolute atomic E-state index is 0.492. The molecule has 1 aromatic heterocycles. The first-order valence-electron chi connectivity index (χ1n) is 6.11. The summed E-state index contributed by atoms with van der Waals surface area (Å²) >= 11 is 0. The van der Waals surface area contributed by atoms with Gasteiger partial charge in [0.25, 0.3) is 0 Å². The molecule has 1 heterocycles. The van der Waals surface area contributed by atoms with Crippen molar-refractivity contribution in [2.45, 2.75) is 13.3 Å². The van der Waals surface area contributed by atoms with Crippen molar-refractivity contribution in [3.63, 3.8) is 0 Å². The predicted molar refractivity (Wildman–Crippen MR) is 72.7 cm³/mol. The maximum Gasteiger partial charge on any atom is 0.160 e. The summed E-state index contributed by atoms with van der Waals surface area (Å²) < 4.78 is 25.9. The van der Waals surface area contributed by atoms with Gasteiger partial charge in [0.15, 0.2) is 11.6 Å². The van der Waals surface area contributed by atoms with E-state index in [0.717, 1.165) is 36.6 Å². The Morgan fingerprint density at radius 1 is 1.05 bits per heavy atom. The third-order valence-electron chi connectivity index (χ3n) is 2.52. The maximum atomic E-state index is 13.1. The highest BCUT2D eigenvalue weighted by atomic mass is 19.2. The Labute approximate surface area is 110 Å². The molecule has 19 heavy (non-hydrogen) atoms. The predicted octanol–water partition coefficient (Wildman–Crippen LogP) is 3.93. The second-order valence-electron chi connectivity index (χ2n) is 4.11. The van der Waals surface area contributed by atoms with Gasteiger partial charge < -0.3 is 10.6 Å². The van der Waals surface area contributed by atoms with Crippen molar-refractivity contribution >= 4 is 17.2 Å². The van der Waals surface area contributed by atoms with Gasteiger partial charge in [-0.25, -0.2) is 13.8 Å². The largest absolute Gasteiger partial charge is 0.370 e. The van der Waals surface area contributed by atoms with E-state index in [1.165, 1.54) is 6.07 Å². The molecule has 0 saturated heterocycles. The van der Waals surface area contributed by atoms with E-state index in [1.54, 1.807) is 12.3 Å². The van der Waals surface area contributed by atoms with Gasteiger partial charge in [0.2, 0.25) is 0 Å². The lowest BCUT2D eigenvalue weighted by atomic mass is 10.3. The van der Waals surface area contributed by atoms with E-state index in [-0.39, 0.29) is 0 Å². The molecule has 0 bridgehead atoms. The molecule has 0 amide bonds. The zero-order valence-electron chi connectivity index (χ0n) is 10.6. The van der Waals surface area contributed by atoms with Crippen LogP contribution in [0, 0.1) is 11.6 Å². The summed E-state index contributed by atoms with van der Waals surface area (Å²) in [6.45, 7) is 2.90. The lowest BCUT2D eigenvalue weighted by Crippen LogP contribution is -2.02. The summed E-state index contributed by atoms with van der Waals surface area (Å²) in [4.78, 5) is 4.17. The van der Waals surface area contributed by atoms with Gasteiger partial charge in [0.05, 0.1) is 0 Å². The van der Waals surface area contributed by atoms with Crippen molar-refractivity contribution < 1.29 is 8.78 Å². The summed E-state index contributed by atoms with van der Waals surface area (Å²) in [5.41, 5.74) is 1.26. The number of benzene rings is 1. The van der Waals surface area contributed by atoms with Gasteiger partial charge in [0.1, 0.15) is 5.82 Å². The molecule has 2 aromatic rings. The van der Waals surface area contributed by atoms with Gasteiger partial charge in [-0.15, -0.1) is 0 Å². The molecule has 0 aliphatic rings. The van der Waals surface area contributed by atoms with Gasteiger partial charge in [-0.05, 0) is 24.6 Å². The summed E-state index contributed by atoms with van der Waals surface area (Å²) in [5, 5.41) is 6.16. The van der Waals surface area contributed by atoms with Gasteiger partial charge in [-0.2, -0.15) is 0 Å². The molecule has 0 aliphatic heterocycles. The van der Waals surface area contributed by atoms with Crippen molar-refractivity contribution in [2.24, 2.45) is 0 Å². The van der Waals surface area contributed by atoms with E-state index in [1.807, 2.05) is 6.07 Å². The van der Waals surface area contributed by atoms with Crippen molar-refractivity contribution in [2.75, 3.05) is 17.2 Å². The average Bonchev–Trinajstić information content (AvgIpc) is 2.41. The Morgan fingerprint density at radius 3 is 2.58 bits per heavy atom. The van der Waals surface area contributed by atoms with E-state index < -0.39 is 11.6 Å². The molecule has 0 fully saturated rings. The van der Waals surface area contributed by atoms with Gasteiger partial charge >= 0.3 is 0 Å². The topological polar surface area (TPSA) is 37.0 Å². The second-order valence-corrected chi connectivity index (χ2v) is 4.11. The highest BCUT2D eigenvalue weighted by molar-refractivity contribution is 5.62. The van der Waals surface area contributed by atoms with Crippen LogP contribution in [0.3, 0.4) is 0 Å². The Hall–Kier alpha value is -2.17. The number of nitrogens with one attached hydrogen (secondary N) is 2. The number of nitrogens with zero attached hydrogens (tertiary/aromatic N) is 1. The summed E-state index contributed by atoms with van der Waals surface area (Å²) in [5.74, 6) is -0.983. The van der Waals surface area contributed by atoms with Crippen LogP contribution in [0.2, 0.25) is 0 Å². The first kappa shape index (κ1) is 13.3. The van der Waals surface area contributed by atoms with Crippen LogP contribution in [0.5, 0.6) is 0 Å². The standard InChI is InChI=1S/C14H15F2N3/c1-2-6-17-14-9-11(5-7-18-14)19-10-3-4-12(15)13(16)8-10/h3-5,7-9H,2,6H2,1H3,(H2,17,18,19). The molecular weight excluding hydrogens is 248 g/mol.